The molecular weight excluding hydrogens is 160 g/mol. The third kappa shape index (κ3) is 7.20. The van der Waals surface area contributed by atoms with E-state index in [1.165, 1.54) is 0 Å². The fourth-order valence-electron chi connectivity index (χ4n) is 0.579. The lowest BCUT2D eigenvalue weighted by Gasteiger charge is -1.99. The van der Waals surface area contributed by atoms with Gasteiger partial charge in [-0.25, -0.2) is 0 Å². The van der Waals surface area contributed by atoms with Gasteiger partial charge in [-0.1, -0.05) is 0 Å². The lowest BCUT2D eigenvalue weighted by molar-refractivity contribution is -0.120. The molecule has 0 aromatic carbocycles. The summed E-state index contributed by atoms with van der Waals surface area (Å²) in [6.45, 7) is 0.682. The van der Waals surface area contributed by atoms with Gasteiger partial charge in [0.15, 0.2) is 0 Å². The standard InChI is InChI=1S/C7H12N2OS/c1-11-6-2-5-9-7(10)3-4-8/h2-3,5-6H2,1H3,(H,9,10). The van der Waals surface area contributed by atoms with E-state index in [0.717, 1.165) is 12.2 Å². The molecule has 3 nitrogen and oxygen atoms in total. The molecule has 0 aliphatic heterocycles. The van der Waals surface area contributed by atoms with Gasteiger partial charge in [-0.05, 0) is 18.4 Å². The summed E-state index contributed by atoms with van der Waals surface area (Å²) in [5.74, 6) is 0.876. The first-order chi connectivity index (χ1) is 5.31. The van der Waals surface area contributed by atoms with Gasteiger partial charge in [0.1, 0.15) is 6.42 Å². The van der Waals surface area contributed by atoms with E-state index in [2.05, 4.69) is 5.32 Å². The number of thioether (sulfide) groups is 1. The van der Waals surface area contributed by atoms with Crippen molar-refractivity contribution >= 4 is 17.7 Å². The molecule has 0 bridgehead atoms. The first kappa shape index (κ1) is 10.3. The summed E-state index contributed by atoms with van der Waals surface area (Å²) in [6, 6.07) is 1.79. The van der Waals surface area contributed by atoms with Crippen LogP contribution < -0.4 is 5.32 Å². The van der Waals surface area contributed by atoms with Gasteiger partial charge < -0.3 is 5.32 Å². The molecule has 4 heteroatoms. The van der Waals surface area contributed by atoms with E-state index in [-0.39, 0.29) is 12.3 Å². The lowest BCUT2D eigenvalue weighted by atomic mass is 10.4. The Morgan fingerprint density at radius 2 is 2.45 bits per heavy atom. The van der Waals surface area contributed by atoms with Gasteiger partial charge in [-0.2, -0.15) is 17.0 Å². The Bertz CT molecular complexity index is 153. The molecule has 0 fully saturated rings. The van der Waals surface area contributed by atoms with Gasteiger partial charge >= 0.3 is 0 Å². The molecule has 0 heterocycles. The highest BCUT2D eigenvalue weighted by Crippen LogP contribution is 1.93. The lowest BCUT2D eigenvalue weighted by Crippen LogP contribution is -2.23. The first-order valence-corrected chi connectivity index (χ1v) is 4.83. The van der Waals surface area contributed by atoms with Crippen LogP contribution in [0.15, 0.2) is 0 Å². The van der Waals surface area contributed by atoms with Crippen LogP contribution in [0.2, 0.25) is 0 Å². The summed E-state index contributed by atoms with van der Waals surface area (Å²) in [4.78, 5) is 10.7. The summed E-state index contributed by atoms with van der Waals surface area (Å²) < 4.78 is 0. The molecule has 62 valence electrons. The maximum atomic E-state index is 10.7. The maximum absolute atomic E-state index is 10.7. The van der Waals surface area contributed by atoms with Crippen LogP contribution in [-0.4, -0.2) is 24.5 Å². The van der Waals surface area contributed by atoms with Crippen molar-refractivity contribution in [3.8, 4) is 6.07 Å². The van der Waals surface area contributed by atoms with Crippen LogP contribution in [0.3, 0.4) is 0 Å². The molecule has 0 rings (SSSR count). The minimum Gasteiger partial charge on any atom is -0.355 e. The van der Waals surface area contributed by atoms with Crippen LogP contribution in [0, 0.1) is 11.3 Å². The summed E-state index contributed by atoms with van der Waals surface area (Å²) in [7, 11) is 0. The number of nitrogens with one attached hydrogen (secondary N) is 1. The molecule has 0 saturated heterocycles. The predicted molar refractivity (Wildman–Crippen MR) is 46.2 cm³/mol. The molecule has 0 aliphatic carbocycles. The van der Waals surface area contributed by atoms with Crippen LogP contribution in [-0.2, 0) is 4.79 Å². The number of carbonyl (C=O) groups excluding carboxylic acids is 1. The third-order valence-electron chi connectivity index (χ3n) is 1.09. The van der Waals surface area contributed by atoms with Gasteiger partial charge in [0, 0.05) is 6.54 Å². The van der Waals surface area contributed by atoms with E-state index >= 15 is 0 Å². The Labute approximate surface area is 71.2 Å². The van der Waals surface area contributed by atoms with Gasteiger partial charge in [-0.3, -0.25) is 4.79 Å². The van der Waals surface area contributed by atoms with Crippen molar-refractivity contribution in [2.24, 2.45) is 0 Å². The number of hydrogen-bond donors (Lipinski definition) is 1. The maximum Gasteiger partial charge on any atom is 0.234 e. The number of hydrogen-bond acceptors (Lipinski definition) is 3. The average molecular weight is 172 g/mol. The van der Waals surface area contributed by atoms with Crippen LogP contribution in [0.25, 0.3) is 0 Å². The number of amides is 1. The second-order valence-corrected chi connectivity index (χ2v) is 3.02. The van der Waals surface area contributed by atoms with Crippen molar-refractivity contribution in [1.29, 1.82) is 5.26 Å². The number of carbonyl (C=O) groups is 1. The highest BCUT2D eigenvalue weighted by molar-refractivity contribution is 7.98. The smallest absolute Gasteiger partial charge is 0.234 e. The third-order valence-corrected chi connectivity index (χ3v) is 1.78. The molecule has 0 atom stereocenters. The quantitative estimate of drug-likeness (QED) is 0.623. The molecule has 0 radical (unpaired) electrons. The van der Waals surface area contributed by atoms with Gasteiger partial charge in [0.25, 0.3) is 0 Å². The highest BCUT2D eigenvalue weighted by atomic mass is 32.2. The normalized spacial score (nSPS) is 8.73. The summed E-state index contributed by atoms with van der Waals surface area (Å²) in [5, 5.41) is 10.8. The van der Waals surface area contributed by atoms with E-state index in [1.807, 2.05) is 6.26 Å². The van der Waals surface area contributed by atoms with Crippen LogP contribution in [0.4, 0.5) is 0 Å². The molecule has 1 amide bonds. The second kappa shape index (κ2) is 7.42. The molecule has 11 heavy (non-hydrogen) atoms. The Hall–Kier alpha value is -0.690. The fourth-order valence-corrected chi connectivity index (χ4v) is 1.01. The topological polar surface area (TPSA) is 52.9 Å². The molecule has 1 N–H and O–H groups in total. The van der Waals surface area contributed by atoms with Crippen molar-refractivity contribution < 1.29 is 4.79 Å². The zero-order valence-electron chi connectivity index (χ0n) is 6.59. The molecule has 0 aromatic rings. The van der Waals surface area contributed by atoms with E-state index in [0.29, 0.717) is 6.54 Å². The van der Waals surface area contributed by atoms with Crippen molar-refractivity contribution in [3.63, 3.8) is 0 Å². The molecule has 0 aromatic heterocycles. The van der Waals surface area contributed by atoms with E-state index in [4.69, 9.17) is 5.26 Å². The zero-order chi connectivity index (χ0) is 8.53. The molecule has 0 spiro atoms. The minimum absolute atomic E-state index is 0.0285. The average Bonchev–Trinajstić information content (AvgIpc) is 1.99. The predicted octanol–water partition coefficient (Wildman–Crippen LogP) is 0.769. The van der Waals surface area contributed by atoms with Crippen molar-refractivity contribution in [3.05, 3.63) is 0 Å². The number of nitrogens with zero attached hydrogens (tertiary/aromatic N) is 1. The monoisotopic (exact) mass is 172 g/mol. The van der Waals surface area contributed by atoms with Gasteiger partial charge in [0.05, 0.1) is 6.07 Å². The fraction of sp³-hybridized carbons (Fsp3) is 0.714. The number of rotatable bonds is 5. The van der Waals surface area contributed by atoms with Gasteiger partial charge in [-0.15, -0.1) is 0 Å². The summed E-state index contributed by atoms with van der Waals surface area (Å²) in [6.07, 6.45) is 2.97. The largest absolute Gasteiger partial charge is 0.355 e. The van der Waals surface area contributed by atoms with Crippen molar-refractivity contribution in [1.82, 2.24) is 5.32 Å². The minimum atomic E-state index is -0.173. The van der Waals surface area contributed by atoms with Gasteiger partial charge in [0.2, 0.25) is 5.91 Å². The molecule has 0 unspecified atom stereocenters. The molecule has 0 aliphatic rings. The van der Waals surface area contributed by atoms with Crippen LogP contribution in [0.1, 0.15) is 12.8 Å². The Morgan fingerprint density at radius 3 is 3.00 bits per heavy atom. The highest BCUT2D eigenvalue weighted by Gasteiger charge is 1.96. The van der Waals surface area contributed by atoms with Crippen LogP contribution in [0.5, 0.6) is 0 Å². The number of nitriles is 1. The summed E-state index contributed by atoms with van der Waals surface area (Å²) >= 11 is 1.75. The van der Waals surface area contributed by atoms with E-state index in [9.17, 15) is 4.79 Å². The summed E-state index contributed by atoms with van der Waals surface area (Å²) in [5.41, 5.74) is 0. The van der Waals surface area contributed by atoms with E-state index < -0.39 is 0 Å². The Balaban J connectivity index is 3.12. The molecule has 0 saturated carbocycles. The SMILES string of the molecule is CSCCCNC(=O)CC#N. The second-order valence-electron chi connectivity index (χ2n) is 2.03. The van der Waals surface area contributed by atoms with E-state index in [1.54, 1.807) is 17.8 Å². The molecular formula is C7H12N2OS. The first-order valence-electron chi connectivity index (χ1n) is 3.44. The van der Waals surface area contributed by atoms with Crippen LogP contribution >= 0.6 is 11.8 Å². The van der Waals surface area contributed by atoms with Crippen molar-refractivity contribution in [2.75, 3.05) is 18.6 Å². The Morgan fingerprint density at radius 1 is 1.73 bits per heavy atom. The Kier molecular flexibility index (Phi) is 6.95. The van der Waals surface area contributed by atoms with Crippen molar-refractivity contribution in [2.45, 2.75) is 12.8 Å². The zero-order valence-corrected chi connectivity index (χ0v) is 7.41.